The Kier molecular flexibility index (Phi) is 6.23. The van der Waals surface area contributed by atoms with Crippen molar-refractivity contribution >= 4 is 17.5 Å². The van der Waals surface area contributed by atoms with Crippen LogP contribution in [-0.4, -0.2) is 37.7 Å². The molecule has 0 aromatic heterocycles. The van der Waals surface area contributed by atoms with E-state index in [-0.39, 0.29) is 5.91 Å². The summed E-state index contributed by atoms with van der Waals surface area (Å²) in [6.45, 7) is 2.15. The predicted octanol–water partition coefficient (Wildman–Crippen LogP) is 3.93. The molecule has 0 spiro atoms. The monoisotopic (exact) mass is 375 g/mol. The van der Waals surface area contributed by atoms with Gasteiger partial charge in [0.1, 0.15) is 19.0 Å². The first-order chi connectivity index (χ1) is 12.6. The van der Waals surface area contributed by atoms with Crippen LogP contribution < -0.4 is 14.2 Å². The minimum atomic E-state index is 0.0830. The van der Waals surface area contributed by atoms with Gasteiger partial charge >= 0.3 is 0 Å². The molecule has 0 atom stereocenters. The van der Waals surface area contributed by atoms with Crippen LogP contribution in [0.3, 0.4) is 0 Å². The summed E-state index contributed by atoms with van der Waals surface area (Å²) in [5, 5.41) is 0.674. The molecule has 0 fully saturated rings. The van der Waals surface area contributed by atoms with Crippen molar-refractivity contribution in [2.45, 2.75) is 19.4 Å². The largest absolute Gasteiger partial charge is 0.494 e. The van der Waals surface area contributed by atoms with E-state index in [0.29, 0.717) is 44.2 Å². The third-order valence-electron chi connectivity index (χ3n) is 4.07. The number of rotatable bonds is 7. The normalized spacial score (nSPS) is 12.5. The number of fused-ring (bicyclic) bond motifs is 1. The van der Waals surface area contributed by atoms with Crippen molar-refractivity contribution in [1.82, 2.24) is 4.90 Å². The molecule has 26 heavy (non-hydrogen) atoms. The zero-order valence-electron chi connectivity index (χ0n) is 14.7. The smallest absolute Gasteiger partial charge is 0.222 e. The van der Waals surface area contributed by atoms with E-state index in [9.17, 15) is 4.79 Å². The van der Waals surface area contributed by atoms with Gasteiger partial charge in [0.2, 0.25) is 5.91 Å². The average molecular weight is 376 g/mol. The number of nitrogens with zero attached hydrogens (tertiary/aromatic N) is 1. The SMILES string of the molecule is CN(Cc1ccc2c(c1)OCCO2)C(=O)CCCOc1ccc(Cl)cc1. The van der Waals surface area contributed by atoms with Crippen molar-refractivity contribution in [3.63, 3.8) is 0 Å². The van der Waals surface area contributed by atoms with E-state index in [1.54, 1.807) is 24.1 Å². The van der Waals surface area contributed by atoms with Gasteiger partial charge in [0.15, 0.2) is 11.5 Å². The number of halogens is 1. The molecule has 138 valence electrons. The van der Waals surface area contributed by atoms with Gasteiger partial charge in [0.25, 0.3) is 0 Å². The molecule has 0 unspecified atom stereocenters. The molecule has 1 aliphatic rings. The van der Waals surface area contributed by atoms with Gasteiger partial charge in [-0.2, -0.15) is 0 Å². The van der Waals surface area contributed by atoms with Crippen LogP contribution in [0.5, 0.6) is 17.2 Å². The lowest BCUT2D eigenvalue weighted by atomic mass is 10.1. The lowest BCUT2D eigenvalue weighted by Crippen LogP contribution is -2.26. The summed E-state index contributed by atoms with van der Waals surface area (Å²) in [6, 6.07) is 13.0. The van der Waals surface area contributed by atoms with Gasteiger partial charge in [-0.1, -0.05) is 17.7 Å². The molecule has 0 saturated heterocycles. The molecule has 2 aromatic carbocycles. The molecule has 0 bridgehead atoms. The van der Waals surface area contributed by atoms with Gasteiger partial charge in [-0.25, -0.2) is 0 Å². The summed E-state index contributed by atoms with van der Waals surface area (Å²) in [5.41, 5.74) is 1.02. The maximum absolute atomic E-state index is 12.3. The van der Waals surface area contributed by atoms with Gasteiger partial charge < -0.3 is 19.1 Å². The number of amides is 1. The number of hydrogen-bond donors (Lipinski definition) is 0. The van der Waals surface area contributed by atoms with Crippen LogP contribution in [0.1, 0.15) is 18.4 Å². The Labute approximate surface area is 158 Å². The first-order valence-corrected chi connectivity index (χ1v) is 9.00. The lowest BCUT2D eigenvalue weighted by molar-refractivity contribution is -0.130. The zero-order valence-corrected chi connectivity index (χ0v) is 15.5. The van der Waals surface area contributed by atoms with Crippen LogP contribution in [0.4, 0.5) is 0 Å². The van der Waals surface area contributed by atoms with Crippen molar-refractivity contribution in [2.75, 3.05) is 26.9 Å². The van der Waals surface area contributed by atoms with Crippen LogP contribution >= 0.6 is 11.6 Å². The minimum absolute atomic E-state index is 0.0830. The number of ether oxygens (including phenoxy) is 3. The fraction of sp³-hybridized carbons (Fsp3) is 0.350. The van der Waals surface area contributed by atoms with Crippen LogP contribution in [0, 0.1) is 0 Å². The molecule has 1 aliphatic heterocycles. The van der Waals surface area contributed by atoms with Crippen molar-refractivity contribution in [2.24, 2.45) is 0 Å². The first kappa shape index (κ1) is 18.4. The Morgan fingerprint density at radius 2 is 1.85 bits per heavy atom. The molecule has 0 radical (unpaired) electrons. The quantitative estimate of drug-likeness (QED) is 0.688. The maximum Gasteiger partial charge on any atom is 0.222 e. The molecular formula is C20H22ClNO4. The molecule has 2 aromatic rings. The second kappa shape index (κ2) is 8.81. The minimum Gasteiger partial charge on any atom is -0.494 e. The van der Waals surface area contributed by atoms with E-state index >= 15 is 0 Å². The Bertz CT molecular complexity index is 748. The average Bonchev–Trinajstić information content (AvgIpc) is 2.66. The van der Waals surface area contributed by atoms with Gasteiger partial charge in [-0.05, 0) is 48.4 Å². The van der Waals surface area contributed by atoms with Crippen LogP contribution in [0.25, 0.3) is 0 Å². The summed E-state index contributed by atoms with van der Waals surface area (Å²) >= 11 is 5.83. The second-order valence-corrected chi connectivity index (χ2v) is 6.57. The summed E-state index contributed by atoms with van der Waals surface area (Å²) in [6.07, 6.45) is 1.10. The fourth-order valence-electron chi connectivity index (χ4n) is 2.68. The highest BCUT2D eigenvalue weighted by Crippen LogP contribution is 2.31. The van der Waals surface area contributed by atoms with E-state index in [4.69, 9.17) is 25.8 Å². The Morgan fingerprint density at radius 3 is 2.62 bits per heavy atom. The standard InChI is InChI=1S/C20H22ClNO4/c1-22(14-15-4-9-18-19(13-15)26-12-11-25-18)20(23)3-2-10-24-17-7-5-16(21)6-8-17/h4-9,13H,2-3,10-12,14H2,1H3. The van der Waals surface area contributed by atoms with Crippen LogP contribution in [0.15, 0.2) is 42.5 Å². The molecule has 5 nitrogen and oxygen atoms in total. The van der Waals surface area contributed by atoms with E-state index in [0.717, 1.165) is 22.8 Å². The highest BCUT2D eigenvalue weighted by molar-refractivity contribution is 6.30. The number of benzene rings is 2. The van der Waals surface area contributed by atoms with E-state index in [2.05, 4.69) is 0 Å². The highest BCUT2D eigenvalue weighted by Gasteiger charge is 2.14. The molecule has 0 N–H and O–H groups in total. The van der Waals surface area contributed by atoms with Crippen molar-refractivity contribution in [1.29, 1.82) is 0 Å². The Balaban J connectivity index is 1.42. The van der Waals surface area contributed by atoms with Crippen molar-refractivity contribution in [3.8, 4) is 17.2 Å². The molecular weight excluding hydrogens is 354 g/mol. The Hall–Kier alpha value is -2.40. The van der Waals surface area contributed by atoms with Crippen LogP contribution in [0.2, 0.25) is 5.02 Å². The topological polar surface area (TPSA) is 48.0 Å². The van der Waals surface area contributed by atoms with Gasteiger partial charge in [-0.3, -0.25) is 4.79 Å². The van der Waals surface area contributed by atoms with E-state index in [1.807, 2.05) is 30.3 Å². The molecule has 0 aliphatic carbocycles. The summed E-state index contributed by atoms with van der Waals surface area (Å²) in [4.78, 5) is 14.0. The highest BCUT2D eigenvalue weighted by atomic mass is 35.5. The summed E-state index contributed by atoms with van der Waals surface area (Å²) in [7, 11) is 1.80. The van der Waals surface area contributed by atoms with Crippen molar-refractivity contribution < 1.29 is 19.0 Å². The van der Waals surface area contributed by atoms with Gasteiger partial charge in [0, 0.05) is 25.0 Å². The van der Waals surface area contributed by atoms with Gasteiger partial charge in [0.05, 0.1) is 6.61 Å². The molecule has 1 amide bonds. The fourth-order valence-corrected chi connectivity index (χ4v) is 2.81. The second-order valence-electron chi connectivity index (χ2n) is 6.13. The van der Waals surface area contributed by atoms with E-state index in [1.165, 1.54) is 0 Å². The summed E-state index contributed by atoms with van der Waals surface area (Å²) < 4.78 is 16.7. The predicted molar refractivity (Wildman–Crippen MR) is 100 cm³/mol. The van der Waals surface area contributed by atoms with Crippen molar-refractivity contribution in [3.05, 3.63) is 53.1 Å². The summed E-state index contributed by atoms with van der Waals surface area (Å²) in [5.74, 6) is 2.34. The first-order valence-electron chi connectivity index (χ1n) is 8.63. The van der Waals surface area contributed by atoms with Gasteiger partial charge in [-0.15, -0.1) is 0 Å². The number of hydrogen-bond acceptors (Lipinski definition) is 4. The zero-order chi connectivity index (χ0) is 18.4. The van der Waals surface area contributed by atoms with Crippen LogP contribution in [-0.2, 0) is 11.3 Å². The third kappa shape index (κ3) is 5.05. The number of carbonyl (C=O) groups is 1. The molecule has 3 rings (SSSR count). The third-order valence-corrected chi connectivity index (χ3v) is 4.32. The lowest BCUT2D eigenvalue weighted by Gasteiger charge is -2.21. The molecule has 1 heterocycles. The maximum atomic E-state index is 12.3. The molecule has 0 saturated carbocycles. The van der Waals surface area contributed by atoms with E-state index < -0.39 is 0 Å². The number of carbonyl (C=O) groups excluding carboxylic acids is 1. The molecule has 6 heteroatoms. The Morgan fingerprint density at radius 1 is 1.12 bits per heavy atom.